The number of hydrogen-bond donors (Lipinski definition) is 1. The maximum atomic E-state index is 12.1. The van der Waals surface area contributed by atoms with Crippen molar-refractivity contribution in [1.82, 2.24) is 0 Å². The van der Waals surface area contributed by atoms with Gasteiger partial charge >= 0.3 is 0 Å². The summed E-state index contributed by atoms with van der Waals surface area (Å²) >= 11 is 7.03. The van der Waals surface area contributed by atoms with E-state index in [0.29, 0.717) is 26.2 Å². The molecule has 1 aromatic carbocycles. The zero-order valence-corrected chi connectivity index (χ0v) is 10.6. The molecule has 0 saturated carbocycles. The smallest absolute Gasteiger partial charge is 0.205 e. The third-order valence-electron chi connectivity index (χ3n) is 2.30. The molecule has 2 rings (SSSR count). The van der Waals surface area contributed by atoms with Gasteiger partial charge in [-0.3, -0.25) is 4.79 Å². The van der Waals surface area contributed by atoms with Crippen molar-refractivity contribution in [2.24, 2.45) is 0 Å². The number of hydrogen-bond acceptors (Lipinski definition) is 4. The number of carbonyl (C=O) groups excluding carboxylic acids is 1. The summed E-state index contributed by atoms with van der Waals surface area (Å²) in [6, 6.07) is 8.38. The van der Waals surface area contributed by atoms with Gasteiger partial charge in [-0.2, -0.15) is 0 Å². The van der Waals surface area contributed by atoms with Crippen LogP contribution in [0.5, 0.6) is 5.75 Å². The highest BCUT2D eigenvalue weighted by Crippen LogP contribution is 2.27. The van der Waals surface area contributed by atoms with Gasteiger partial charge in [-0.05, 0) is 24.3 Å². The van der Waals surface area contributed by atoms with Crippen LogP contribution in [0.25, 0.3) is 0 Å². The average Bonchev–Trinajstić information content (AvgIpc) is 2.75. The second-order valence-electron chi connectivity index (χ2n) is 3.39. The summed E-state index contributed by atoms with van der Waals surface area (Å²) in [4.78, 5) is 12.7. The highest BCUT2D eigenvalue weighted by Gasteiger charge is 2.14. The molecule has 0 aliphatic heterocycles. The zero-order chi connectivity index (χ0) is 12.4. The largest absolute Gasteiger partial charge is 0.497 e. The van der Waals surface area contributed by atoms with Crippen LogP contribution in [0, 0.1) is 0 Å². The van der Waals surface area contributed by atoms with Crippen molar-refractivity contribution < 1.29 is 9.53 Å². The van der Waals surface area contributed by atoms with Crippen LogP contribution in [0.3, 0.4) is 0 Å². The minimum absolute atomic E-state index is 0.123. The first-order valence-electron chi connectivity index (χ1n) is 4.85. The third-order valence-corrected chi connectivity index (χ3v) is 3.53. The van der Waals surface area contributed by atoms with Gasteiger partial charge in [0.25, 0.3) is 0 Å². The molecule has 0 spiro atoms. The molecule has 0 saturated heterocycles. The molecule has 0 atom stereocenters. The molecule has 0 radical (unpaired) electrons. The molecule has 0 amide bonds. The SMILES string of the molecule is COc1ccc(C(=O)c2ccc(Cl)s2)c(N)c1. The number of benzene rings is 1. The summed E-state index contributed by atoms with van der Waals surface area (Å²) in [5.41, 5.74) is 6.68. The molecule has 2 aromatic rings. The number of rotatable bonds is 3. The molecule has 88 valence electrons. The predicted molar refractivity (Wildman–Crippen MR) is 70.2 cm³/mol. The second kappa shape index (κ2) is 4.77. The van der Waals surface area contributed by atoms with Crippen LogP contribution >= 0.6 is 22.9 Å². The van der Waals surface area contributed by atoms with E-state index in [1.54, 1.807) is 37.4 Å². The number of thiophene rings is 1. The minimum atomic E-state index is -0.123. The first kappa shape index (κ1) is 12.0. The van der Waals surface area contributed by atoms with Gasteiger partial charge in [-0.25, -0.2) is 0 Å². The molecule has 2 N–H and O–H groups in total. The highest BCUT2D eigenvalue weighted by atomic mass is 35.5. The van der Waals surface area contributed by atoms with Crippen molar-refractivity contribution in [3.8, 4) is 5.75 Å². The van der Waals surface area contributed by atoms with Crippen LogP contribution < -0.4 is 10.5 Å². The van der Waals surface area contributed by atoms with Crippen LogP contribution in [0.2, 0.25) is 4.34 Å². The van der Waals surface area contributed by atoms with Gasteiger partial charge in [0, 0.05) is 17.3 Å². The molecule has 3 nitrogen and oxygen atoms in total. The zero-order valence-electron chi connectivity index (χ0n) is 9.07. The fraction of sp³-hybridized carbons (Fsp3) is 0.0833. The molecular formula is C12H10ClNO2S. The van der Waals surface area contributed by atoms with Gasteiger partial charge in [0.2, 0.25) is 5.78 Å². The maximum absolute atomic E-state index is 12.1. The molecule has 0 aliphatic carbocycles. The van der Waals surface area contributed by atoms with Gasteiger partial charge in [0.1, 0.15) is 5.75 Å². The number of ether oxygens (including phenoxy) is 1. The van der Waals surface area contributed by atoms with E-state index in [1.165, 1.54) is 11.3 Å². The Hall–Kier alpha value is -1.52. The van der Waals surface area contributed by atoms with E-state index >= 15 is 0 Å². The van der Waals surface area contributed by atoms with E-state index in [1.807, 2.05) is 0 Å². The Kier molecular flexibility index (Phi) is 3.36. The summed E-state index contributed by atoms with van der Waals surface area (Å²) in [5, 5.41) is 0. The van der Waals surface area contributed by atoms with Crippen molar-refractivity contribution in [2.75, 3.05) is 12.8 Å². The van der Waals surface area contributed by atoms with E-state index in [9.17, 15) is 4.79 Å². The van der Waals surface area contributed by atoms with Crippen molar-refractivity contribution >= 4 is 34.4 Å². The third kappa shape index (κ3) is 2.43. The van der Waals surface area contributed by atoms with Gasteiger partial charge in [-0.1, -0.05) is 11.6 Å². The first-order valence-corrected chi connectivity index (χ1v) is 6.05. The Morgan fingerprint density at radius 2 is 2.12 bits per heavy atom. The highest BCUT2D eigenvalue weighted by molar-refractivity contribution is 7.18. The van der Waals surface area contributed by atoms with Gasteiger partial charge in [0.05, 0.1) is 16.3 Å². The lowest BCUT2D eigenvalue weighted by atomic mass is 10.1. The van der Waals surface area contributed by atoms with E-state index in [4.69, 9.17) is 22.1 Å². The molecule has 0 unspecified atom stereocenters. The van der Waals surface area contributed by atoms with Crippen LogP contribution in [-0.4, -0.2) is 12.9 Å². The van der Waals surface area contributed by atoms with Gasteiger partial charge < -0.3 is 10.5 Å². The van der Waals surface area contributed by atoms with Crippen LogP contribution in [0.1, 0.15) is 15.2 Å². The molecular weight excluding hydrogens is 258 g/mol. The first-order chi connectivity index (χ1) is 8.11. The van der Waals surface area contributed by atoms with Gasteiger partial charge in [0.15, 0.2) is 0 Å². The lowest BCUT2D eigenvalue weighted by Crippen LogP contribution is -2.03. The number of nitrogens with two attached hydrogens (primary N) is 1. The quantitative estimate of drug-likeness (QED) is 0.686. The number of ketones is 1. The summed E-state index contributed by atoms with van der Waals surface area (Å²) < 4.78 is 5.61. The second-order valence-corrected chi connectivity index (χ2v) is 5.10. The lowest BCUT2D eigenvalue weighted by Gasteiger charge is -2.05. The Morgan fingerprint density at radius 1 is 1.35 bits per heavy atom. The molecule has 17 heavy (non-hydrogen) atoms. The predicted octanol–water partition coefficient (Wildman–Crippen LogP) is 3.22. The Bertz CT molecular complexity index is 565. The Labute approximate surface area is 108 Å². The number of methoxy groups -OCH3 is 1. The average molecular weight is 268 g/mol. The molecule has 0 aliphatic rings. The number of nitrogen functional groups attached to an aromatic ring is 1. The van der Waals surface area contributed by atoms with Crippen molar-refractivity contribution in [1.29, 1.82) is 0 Å². The Balaban J connectivity index is 2.37. The fourth-order valence-electron chi connectivity index (χ4n) is 1.44. The summed E-state index contributed by atoms with van der Waals surface area (Å²) in [7, 11) is 1.55. The van der Waals surface area contributed by atoms with Crippen molar-refractivity contribution in [3.63, 3.8) is 0 Å². The normalized spacial score (nSPS) is 10.2. The summed E-state index contributed by atoms with van der Waals surface area (Å²) in [6.45, 7) is 0. The molecule has 0 bridgehead atoms. The summed E-state index contributed by atoms with van der Waals surface area (Å²) in [5.74, 6) is 0.505. The number of carbonyl (C=O) groups is 1. The van der Waals surface area contributed by atoms with Crippen molar-refractivity contribution in [2.45, 2.75) is 0 Å². The van der Waals surface area contributed by atoms with Gasteiger partial charge in [-0.15, -0.1) is 11.3 Å². The topological polar surface area (TPSA) is 52.3 Å². The van der Waals surface area contributed by atoms with E-state index < -0.39 is 0 Å². The van der Waals surface area contributed by atoms with Crippen LogP contribution in [0.15, 0.2) is 30.3 Å². The Morgan fingerprint density at radius 3 is 2.65 bits per heavy atom. The molecule has 1 aromatic heterocycles. The fourth-order valence-corrected chi connectivity index (χ4v) is 2.44. The summed E-state index contributed by atoms with van der Waals surface area (Å²) in [6.07, 6.45) is 0. The maximum Gasteiger partial charge on any atom is 0.205 e. The van der Waals surface area contributed by atoms with E-state index in [-0.39, 0.29) is 5.78 Å². The van der Waals surface area contributed by atoms with Crippen molar-refractivity contribution in [3.05, 3.63) is 45.1 Å². The number of anilines is 1. The monoisotopic (exact) mass is 267 g/mol. The van der Waals surface area contributed by atoms with Crippen LogP contribution in [-0.2, 0) is 0 Å². The standard InChI is InChI=1S/C12H10ClNO2S/c1-16-7-2-3-8(9(14)6-7)12(15)10-4-5-11(13)17-10/h2-6H,14H2,1H3. The van der Waals surface area contributed by atoms with E-state index in [2.05, 4.69) is 0 Å². The minimum Gasteiger partial charge on any atom is -0.497 e. The number of halogens is 1. The van der Waals surface area contributed by atoms with E-state index in [0.717, 1.165) is 0 Å². The lowest BCUT2D eigenvalue weighted by molar-refractivity contribution is 0.104. The molecule has 1 heterocycles. The molecule has 5 heteroatoms. The molecule has 0 fully saturated rings. The van der Waals surface area contributed by atoms with Crippen LogP contribution in [0.4, 0.5) is 5.69 Å².